The van der Waals surface area contributed by atoms with Crippen LogP contribution in [0.3, 0.4) is 0 Å². The second kappa shape index (κ2) is 11.4. The molecule has 3 N–H and O–H groups in total. The van der Waals surface area contributed by atoms with Crippen LogP contribution in [0.1, 0.15) is 5.82 Å². The minimum absolute atomic E-state index is 0.0652. The first-order valence-electron chi connectivity index (χ1n) is 16.1. The van der Waals surface area contributed by atoms with Crippen molar-refractivity contribution in [3.05, 3.63) is 157 Å². The number of aromatic nitrogens is 2. The number of para-hydroxylation sites is 3. The Morgan fingerprint density at radius 3 is 1.77 bits per heavy atom. The van der Waals surface area contributed by atoms with Gasteiger partial charge in [0.15, 0.2) is 5.82 Å². The lowest BCUT2D eigenvalue weighted by atomic mass is 9.60. The largest absolute Gasteiger partial charge is 0.402 e. The van der Waals surface area contributed by atoms with E-state index >= 15 is 0 Å². The summed E-state index contributed by atoms with van der Waals surface area (Å²) in [6, 6.07) is 51.5. The lowest BCUT2D eigenvalue weighted by molar-refractivity contribution is -0.231. The van der Waals surface area contributed by atoms with Crippen molar-refractivity contribution < 1.29 is 15.3 Å². The quantitative estimate of drug-likeness (QED) is 0.114. The maximum atomic E-state index is 11.5. The van der Waals surface area contributed by atoms with E-state index in [2.05, 4.69) is 102 Å². The maximum Gasteiger partial charge on any atom is 0.237 e. The van der Waals surface area contributed by atoms with Gasteiger partial charge in [0.05, 0.1) is 22.1 Å². The summed E-state index contributed by atoms with van der Waals surface area (Å²) in [4.78, 5) is 4.69. The van der Waals surface area contributed by atoms with Crippen molar-refractivity contribution in [1.82, 2.24) is 9.55 Å². The van der Waals surface area contributed by atoms with E-state index in [9.17, 15) is 15.3 Å². The van der Waals surface area contributed by atoms with Crippen molar-refractivity contribution in [3.8, 4) is 39.1 Å². The maximum absolute atomic E-state index is 11.5. The van der Waals surface area contributed by atoms with E-state index in [-0.39, 0.29) is 5.82 Å². The molecular formula is C41H32B2N2O3. The second-order valence-electron chi connectivity index (χ2n) is 12.8. The zero-order chi connectivity index (χ0) is 33.0. The fourth-order valence-corrected chi connectivity index (χ4v) is 6.85. The van der Waals surface area contributed by atoms with Crippen LogP contribution in [0.25, 0.3) is 71.6 Å². The molecule has 7 heteroatoms. The molecule has 0 amide bonds. The molecule has 1 heterocycles. The molecule has 0 saturated heterocycles. The molecule has 0 aliphatic carbocycles. The van der Waals surface area contributed by atoms with E-state index in [1.807, 2.05) is 54.6 Å². The molecule has 0 aliphatic heterocycles. The molecular weight excluding hydrogens is 590 g/mol. The molecule has 0 saturated carbocycles. The molecule has 0 spiro atoms. The number of nitrogens with zero attached hydrogens (tertiary/aromatic N) is 2. The van der Waals surface area contributed by atoms with E-state index in [1.165, 1.54) is 15.7 Å². The number of aliphatic hydroxyl groups is 3. The minimum atomic E-state index is -2.66. The summed E-state index contributed by atoms with van der Waals surface area (Å²) in [7, 11) is 2.74. The second-order valence-corrected chi connectivity index (χ2v) is 12.8. The van der Waals surface area contributed by atoms with Crippen molar-refractivity contribution in [2.24, 2.45) is 0 Å². The van der Waals surface area contributed by atoms with E-state index in [0.29, 0.717) is 16.7 Å². The normalized spacial score (nSPS) is 12.2. The van der Waals surface area contributed by atoms with E-state index in [4.69, 9.17) is 0 Å². The van der Waals surface area contributed by atoms with Gasteiger partial charge in [-0.05, 0) is 73.6 Å². The van der Waals surface area contributed by atoms with Gasteiger partial charge in [-0.25, -0.2) is 4.98 Å². The Morgan fingerprint density at radius 1 is 0.500 bits per heavy atom. The van der Waals surface area contributed by atoms with Gasteiger partial charge < -0.3 is 15.3 Å². The van der Waals surface area contributed by atoms with Gasteiger partial charge in [0.2, 0.25) is 5.79 Å². The third-order valence-electron chi connectivity index (χ3n) is 9.33. The molecule has 7 aromatic carbocycles. The smallest absolute Gasteiger partial charge is 0.237 e. The van der Waals surface area contributed by atoms with Gasteiger partial charge >= 0.3 is 0 Å². The van der Waals surface area contributed by atoms with Crippen LogP contribution in [0.15, 0.2) is 152 Å². The van der Waals surface area contributed by atoms with Crippen LogP contribution in [0.5, 0.6) is 0 Å². The van der Waals surface area contributed by atoms with Crippen LogP contribution in [0, 0.1) is 0 Å². The van der Waals surface area contributed by atoms with Crippen molar-refractivity contribution in [2.45, 2.75) is 11.2 Å². The highest BCUT2D eigenvalue weighted by Crippen LogP contribution is 2.47. The number of fused-ring (bicyclic) bond motifs is 3. The van der Waals surface area contributed by atoms with E-state index in [0.717, 1.165) is 54.9 Å². The predicted octanol–water partition coefficient (Wildman–Crippen LogP) is 6.38. The SMILES string of the molecule is BC(B)(O)C(O)(O)c1nc2ccccc2n1-c1ccccc1-c1c2ccccc2c(-c2ccccc2)c2cc(-c3ccccc3)ccc12. The van der Waals surface area contributed by atoms with Crippen LogP contribution in [0.4, 0.5) is 0 Å². The lowest BCUT2D eigenvalue weighted by Crippen LogP contribution is -2.54. The molecule has 8 aromatic rings. The third kappa shape index (κ3) is 4.75. The summed E-state index contributed by atoms with van der Waals surface area (Å²) in [6.07, 6.45) is 0. The number of hydrogen-bond acceptors (Lipinski definition) is 4. The van der Waals surface area contributed by atoms with Crippen molar-refractivity contribution in [1.29, 1.82) is 0 Å². The van der Waals surface area contributed by atoms with Crippen LogP contribution in [-0.4, -0.2) is 46.0 Å². The van der Waals surface area contributed by atoms with Crippen LogP contribution >= 0.6 is 0 Å². The number of hydrogen-bond donors (Lipinski definition) is 3. The summed E-state index contributed by atoms with van der Waals surface area (Å²) >= 11 is 0. The number of rotatable bonds is 6. The summed E-state index contributed by atoms with van der Waals surface area (Å²) in [5.41, 5.74) is 8.43. The first-order chi connectivity index (χ1) is 23.2. The molecule has 8 rings (SSSR count). The molecule has 5 nitrogen and oxygen atoms in total. The molecule has 0 fully saturated rings. The van der Waals surface area contributed by atoms with E-state index in [1.54, 1.807) is 4.57 Å². The lowest BCUT2D eigenvalue weighted by Gasteiger charge is -2.34. The van der Waals surface area contributed by atoms with Crippen molar-refractivity contribution >= 4 is 48.3 Å². The molecule has 1 aromatic heterocycles. The predicted molar refractivity (Wildman–Crippen MR) is 201 cm³/mol. The van der Waals surface area contributed by atoms with Gasteiger partial charge in [0.1, 0.15) is 15.7 Å². The Labute approximate surface area is 280 Å². The van der Waals surface area contributed by atoms with E-state index < -0.39 is 11.2 Å². The monoisotopic (exact) mass is 622 g/mol. The number of benzene rings is 7. The molecule has 0 aliphatic rings. The highest BCUT2D eigenvalue weighted by atomic mass is 16.5. The zero-order valence-electron chi connectivity index (χ0n) is 26.7. The topological polar surface area (TPSA) is 78.5 Å². The van der Waals surface area contributed by atoms with Gasteiger partial charge in [-0.1, -0.05) is 127 Å². The van der Waals surface area contributed by atoms with Gasteiger partial charge in [0.25, 0.3) is 0 Å². The molecule has 230 valence electrons. The molecule has 48 heavy (non-hydrogen) atoms. The molecule has 0 atom stereocenters. The first-order valence-corrected chi connectivity index (χ1v) is 16.1. The standard InChI is InChI=1S/C41H32B2N2O3/c42-41(43,48)40(46,47)39-44-34-20-10-12-22-36(34)45(39)35-21-11-9-19-32(35)38-30-18-8-7-17-29(30)37(27-15-5-2-6-16-27)33-25-28(23-24-31(33)38)26-13-3-1-4-14-26/h1-25,46-48H,42-43H2. The summed E-state index contributed by atoms with van der Waals surface area (Å²) < 4.78 is 1.77. The van der Waals surface area contributed by atoms with Crippen LogP contribution in [-0.2, 0) is 5.79 Å². The van der Waals surface area contributed by atoms with Gasteiger partial charge in [-0.2, -0.15) is 0 Å². The van der Waals surface area contributed by atoms with Gasteiger partial charge in [-0.15, -0.1) is 0 Å². The summed E-state index contributed by atoms with van der Waals surface area (Å²) in [5.74, 6) is -2.73. The Kier molecular flexibility index (Phi) is 7.08. The van der Waals surface area contributed by atoms with Crippen molar-refractivity contribution in [3.63, 3.8) is 0 Å². The average molecular weight is 622 g/mol. The Morgan fingerprint density at radius 2 is 1.06 bits per heavy atom. The van der Waals surface area contributed by atoms with Crippen LogP contribution in [0.2, 0.25) is 0 Å². The number of imidazole rings is 1. The van der Waals surface area contributed by atoms with Gasteiger partial charge in [-0.3, -0.25) is 4.57 Å². The minimum Gasteiger partial charge on any atom is -0.402 e. The molecule has 0 unspecified atom stereocenters. The fraction of sp³-hybridized carbons (Fsp3) is 0.0488. The molecule has 0 radical (unpaired) electrons. The van der Waals surface area contributed by atoms with Gasteiger partial charge in [0, 0.05) is 5.56 Å². The third-order valence-corrected chi connectivity index (χ3v) is 9.33. The highest BCUT2D eigenvalue weighted by molar-refractivity contribution is 6.39. The van der Waals surface area contributed by atoms with Crippen LogP contribution < -0.4 is 0 Å². The molecule has 0 bridgehead atoms. The fourth-order valence-electron chi connectivity index (χ4n) is 6.85. The summed E-state index contributed by atoms with van der Waals surface area (Å²) in [5, 5.41) is 36.4. The first kappa shape index (κ1) is 29.9. The average Bonchev–Trinajstić information content (AvgIpc) is 3.51. The zero-order valence-corrected chi connectivity index (χ0v) is 26.7. The Balaban J connectivity index is 1.51. The highest BCUT2D eigenvalue weighted by Gasteiger charge is 2.46. The Hall–Kier alpha value is -5.46. The Bertz CT molecular complexity index is 2470. The van der Waals surface area contributed by atoms with Crippen molar-refractivity contribution in [2.75, 3.05) is 0 Å². The summed E-state index contributed by atoms with van der Waals surface area (Å²) in [6.45, 7) is 0.